The van der Waals surface area contributed by atoms with Crippen molar-refractivity contribution in [3.8, 4) is 0 Å². The van der Waals surface area contributed by atoms with E-state index < -0.39 is 0 Å². The summed E-state index contributed by atoms with van der Waals surface area (Å²) in [6.45, 7) is 2.61. The molecule has 0 unspecified atom stereocenters. The Morgan fingerprint density at radius 3 is 3.00 bits per heavy atom. The van der Waals surface area contributed by atoms with Gasteiger partial charge in [0.05, 0.1) is 12.8 Å². The van der Waals surface area contributed by atoms with Crippen molar-refractivity contribution in [1.82, 2.24) is 19.6 Å². The first-order valence-corrected chi connectivity index (χ1v) is 9.32. The van der Waals surface area contributed by atoms with Gasteiger partial charge in [-0.15, -0.1) is 0 Å². The Kier molecular flexibility index (Phi) is 6.08. The average molecular weight is 360 g/mol. The number of fused-ring (bicyclic) bond motifs is 1. The second-order valence-corrected chi connectivity index (χ2v) is 7.15. The highest BCUT2D eigenvalue weighted by molar-refractivity contribution is 5.91. The van der Waals surface area contributed by atoms with Crippen molar-refractivity contribution in [2.75, 3.05) is 33.4 Å². The van der Waals surface area contributed by atoms with E-state index in [0.717, 1.165) is 31.4 Å². The van der Waals surface area contributed by atoms with Gasteiger partial charge in [-0.25, -0.2) is 0 Å². The smallest absolute Gasteiger partial charge is 0.246 e. The van der Waals surface area contributed by atoms with E-state index in [9.17, 15) is 9.59 Å². The highest BCUT2D eigenvalue weighted by Crippen LogP contribution is 2.30. The molecule has 2 amide bonds. The molecule has 26 heavy (non-hydrogen) atoms. The minimum atomic E-state index is 0.0336. The number of amides is 2. The number of hydrogen-bond donors (Lipinski definition) is 0. The van der Waals surface area contributed by atoms with Crippen LogP contribution >= 0.6 is 0 Å². The molecule has 0 radical (unpaired) electrons. The number of likely N-dealkylation sites (tertiary alicyclic amines) is 2. The average Bonchev–Trinajstić information content (AvgIpc) is 2.98. The molecule has 2 aliphatic heterocycles. The third kappa shape index (κ3) is 4.33. The van der Waals surface area contributed by atoms with Crippen LogP contribution in [0, 0.1) is 5.92 Å². The number of rotatable bonds is 5. The van der Waals surface area contributed by atoms with Crippen molar-refractivity contribution in [2.24, 2.45) is 13.0 Å². The monoisotopic (exact) mass is 360 g/mol. The topological polar surface area (TPSA) is 67.7 Å². The van der Waals surface area contributed by atoms with Crippen LogP contribution in [-0.4, -0.2) is 70.8 Å². The Morgan fingerprint density at radius 2 is 2.27 bits per heavy atom. The fraction of sp³-hybridized carbons (Fsp3) is 0.632. The molecule has 0 aliphatic carbocycles. The summed E-state index contributed by atoms with van der Waals surface area (Å²) in [5.74, 6) is 0.611. The van der Waals surface area contributed by atoms with E-state index in [1.807, 2.05) is 29.1 Å². The van der Waals surface area contributed by atoms with Crippen LogP contribution in [0.4, 0.5) is 0 Å². The van der Waals surface area contributed by atoms with E-state index in [1.165, 1.54) is 0 Å². The summed E-state index contributed by atoms with van der Waals surface area (Å²) in [6, 6.07) is 0.228. The molecule has 0 bridgehead atoms. The van der Waals surface area contributed by atoms with E-state index >= 15 is 0 Å². The summed E-state index contributed by atoms with van der Waals surface area (Å²) < 4.78 is 6.89. The Bertz CT molecular complexity index is 669. The van der Waals surface area contributed by atoms with E-state index in [0.29, 0.717) is 32.0 Å². The molecule has 142 valence electrons. The molecular formula is C19H28N4O3. The lowest BCUT2D eigenvalue weighted by Crippen LogP contribution is -2.53. The Labute approximate surface area is 154 Å². The third-order valence-electron chi connectivity index (χ3n) is 5.37. The molecule has 0 spiro atoms. The van der Waals surface area contributed by atoms with Gasteiger partial charge in [0.2, 0.25) is 11.8 Å². The normalized spacial score (nSPS) is 24.0. The number of aromatic nitrogens is 2. The van der Waals surface area contributed by atoms with Crippen LogP contribution in [0.5, 0.6) is 0 Å². The summed E-state index contributed by atoms with van der Waals surface area (Å²) >= 11 is 0. The number of piperidine rings is 1. The molecule has 0 N–H and O–H groups in total. The molecule has 0 saturated carbocycles. The van der Waals surface area contributed by atoms with Gasteiger partial charge in [0.25, 0.3) is 0 Å². The number of nitrogens with zero attached hydrogens (tertiary/aromatic N) is 4. The molecule has 1 aromatic heterocycles. The summed E-state index contributed by atoms with van der Waals surface area (Å²) in [6.07, 6.45) is 10.4. The van der Waals surface area contributed by atoms with Crippen LogP contribution < -0.4 is 0 Å². The van der Waals surface area contributed by atoms with Crippen molar-refractivity contribution in [1.29, 1.82) is 0 Å². The first-order valence-electron chi connectivity index (χ1n) is 9.32. The van der Waals surface area contributed by atoms with Crippen molar-refractivity contribution in [3.05, 3.63) is 24.0 Å². The van der Waals surface area contributed by atoms with Gasteiger partial charge in [-0.05, 0) is 31.3 Å². The highest BCUT2D eigenvalue weighted by atomic mass is 16.5. The van der Waals surface area contributed by atoms with E-state index in [-0.39, 0.29) is 17.9 Å². The number of carbonyl (C=O) groups excluding carboxylic acids is 2. The van der Waals surface area contributed by atoms with Gasteiger partial charge in [-0.1, -0.05) is 0 Å². The SMILES string of the molecule is COCCN1C(=O)CCC[C@H]2CN(C(=O)/C=C/c3cnn(C)c3)CC[C@H]21. The number of ether oxygens (including phenoxy) is 1. The van der Waals surface area contributed by atoms with Crippen molar-refractivity contribution in [3.63, 3.8) is 0 Å². The molecule has 2 aliphatic rings. The zero-order chi connectivity index (χ0) is 18.5. The second-order valence-electron chi connectivity index (χ2n) is 7.15. The molecule has 2 atom stereocenters. The maximum atomic E-state index is 12.6. The lowest BCUT2D eigenvalue weighted by molar-refractivity contribution is -0.136. The van der Waals surface area contributed by atoms with E-state index in [2.05, 4.69) is 5.10 Å². The molecule has 1 aromatic rings. The molecular weight excluding hydrogens is 332 g/mol. The van der Waals surface area contributed by atoms with Gasteiger partial charge in [-0.2, -0.15) is 5.10 Å². The first-order chi connectivity index (χ1) is 12.6. The minimum absolute atomic E-state index is 0.0336. The Morgan fingerprint density at radius 1 is 1.42 bits per heavy atom. The van der Waals surface area contributed by atoms with Crippen molar-refractivity contribution >= 4 is 17.9 Å². The fourth-order valence-electron chi connectivity index (χ4n) is 4.04. The van der Waals surface area contributed by atoms with Gasteiger partial charge in [0.1, 0.15) is 0 Å². The van der Waals surface area contributed by atoms with Crippen LogP contribution in [0.25, 0.3) is 6.08 Å². The summed E-state index contributed by atoms with van der Waals surface area (Å²) in [5, 5.41) is 4.10. The van der Waals surface area contributed by atoms with Gasteiger partial charge in [0.15, 0.2) is 0 Å². The van der Waals surface area contributed by atoms with Gasteiger partial charge < -0.3 is 14.5 Å². The lowest BCUT2D eigenvalue weighted by Gasteiger charge is -2.42. The van der Waals surface area contributed by atoms with Crippen molar-refractivity contribution < 1.29 is 14.3 Å². The molecule has 7 nitrogen and oxygen atoms in total. The zero-order valence-electron chi connectivity index (χ0n) is 15.6. The van der Waals surface area contributed by atoms with Crippen LogP contribution in [0.3, 0.4) is 0 Å². The summed E-state index contributed by atoms with van der Waals surface area (Å²) in [4.78, 5) is 28.9. The molecule has 3 rings (SSSR count). The number of carbonyl (C=O) groups is 2. The maximum absolute atomic E-state index is 12.6. The minimum Gasteiger partial charge on any atom is -0.383 e. The first kappa shape index (κ1) is 18.6. The van der Waals surface area contributed by atoms with Gasteiger partial charge >= 0.3 is 0 Å². The quantitative estimate of drug-likeness (QED) is 0.743. The van der Waals surface area contributed by atoms with E-state index in [1.54, 1.807) is 24.1 Å². The van der Waals surface area contributed by atoms with Crippen LogP contribution in [0.2, 0.25) is 0 Å². The second kappa shape index (κ2) is 8.49. The van der Waals surface area contributed by atoms with E-state index in [4.69, 9.17) is 4.74 Å². The summed E-state index contributed by atoms with van der Waals surface area (Å²) in [5.41, 5.74) is 0.918. The predicted octanol–water partition coefficient (Wildman–Crippen LogP) is 1.31. The molecule has 2 saturated heterocycles. The highest BCUT2D eigenvalue weighted by Gasteiger charge is 2.37. The lowest BCUT2D eigenvalue weighted by atomic mass is 9.88. The van der Waals surface area contributed by atoms with Gasteiger partial charge in [-0.3, -0.25) is 14.3 Å². The molecule has 0 aromatic carbocycles. The largest absolute Gasteiger partial charge is 0.383 e. The van der Waals surface area contributed by atoms with Crippen LogP contribution in [0.15, 0.2) is 18.5 Å². The number of hydrogen-bond acceptors (Lipinski definition) is 4. The third-order valence-corrected chi connectivity index (χ3v) is 5.37. The maximum Gasteiger partial charge on any atom is 0.246 e. The fourth-order valence-corrected chi connectivity index (χ4v) is 4.04. The molecule has 7 heteroatoms. The number of aryl methyl sites for hydroxylation is 1. The Balaban J connectivity index is 1.63. The number of methoxy groups -OCH3 is 1. The summed E-state index contributed by atoms with van der Waals surface area (Å²) in [7, 11) is 3.52. The van der Waals surface area contributed by atoms with Crippen LogP contribution in [-0.2, 0) is 21.4 Å². The Hall–Kier alpha value is -2.15. The van der Waals surface area contributed by atoms with Crippen LogP contribution in [0.1, 0.15) is 31.2 Å². The molecule has 2 fully saturated rings. The van der Waals surface area contributed by atoms with Gasteiger partial charge in [0, 0.05) is 64.1 Å². The zero-order valence-corrected chi connectivity index (χ0v) is 15.6. The van der Waals surface area contributed by atoms with Crippen molar-refractivity contribution in [2.45, 2.75) is 31.7 Å². The predicted molar refractivity (Wildman–Crippen MR) is 98.2 cm³/mol. The molecule has 3 heterocycles. The standard InChI is InChI=1S/C19H28N4O3/c1-21-13-15(12-20-21)6-7-18(24)22-9-8-17-16(14-22)4-3-5-19(25)23(17)10-11-26-2/h6-7,12-13,16-17H,3-5,8-11,14H2,1-2H3/b7-6+/t16-,17+/m0/s1.